The molecule has 0 spiro atoms. The fourth-order valence-electron chi connectivity index (χ4n) is 1.64. The Bertz CT molecular complexity index is 623. The molecule has 0 aliphatic carbocycles. The van der Waals surface area contributed by atoms with Gasteiger partial charge >= 0.3 is 0 Å². The van der Waals surface area contributed by atoms with Crippen molar-refractivity contribution in [3.8, 4) is 0 Å². The molecule has 0 saturated heterocycles. The van der Waals surface area contributed by atoms with Crippen LogP contribution in [0.2, 0.25) is 5.02 Å². The van der Waals surface area contributed by atoms with Crippen LogP contribution in [0.5, 0.6) is 0 Å². The first-order chi connectivity index (χ1) is 9.09. The molecule has 1 aromatic heterocycles. The summed E-state index contributed by atoms with van der Waals surface area (Å²) in [5, 5.41) is 3.28. The van der Waals surface area contributed by atoms with Gasteiger partial charge in [-0.2, -0.15) is 0 Å². The molecule has 19 heavy (non-hydrogen) atoms. The van der Waals surface area contributed by atoms with E-state index in [9.17, 15) is 8.42 Å². The lowest BCUT2D eigenvalue weighted by Gasteiger charge is -2.06. The van der Waals surface area contributed by atoms with Crippen molar-refractivity contribution in [2.45, 2.75) is 11.4 Å². The highest BCUT2D eigenvalue weighted by Gasteiger charge is 2.16. The molecule has 1 heterocycles. The van der Waals surface area contributed by atoms with Crippen LogP contribution in [0, 0.1) is 0 Å². The molecule has 4 nitrogen and oxygen atoms in total. The fraction of sp³-hybridized carbons (Fsp3) is 0.231. The highest BCUT2D eigenvalue weighted by Crippen LogP contribution is 2.21. The van der Waals surface area contributed by atoms with Gasteiger partial charge in [-0.05, 0) is 24.3 Å². The lowest BCUT2D eigenvalue weighted by Crippen LogP contribution is -2.22. The minimum atomic E-state index is -3.36. The Morgan fingerprint density at radius 2 is 1.95 bits per heavy atom. The Balaban J connectivity index is 1.90. The second kappa shape index (κ2) is 6.23. The predicted octanol–water partition coefficient (Wildman–Crippen LogP) is 2.50. The summed E-state index contributed by atoms with van der Waals surface area (Å²) in [4.78, 5) is 0.177. The SMILES string of the molecule is O=S(=O)(CCNCc1ccco1)c1ccccc1Cl. The van der Waals surface area contributed by atoms with Gasteiger partial charge in [0.05, 0.1) is 28.5 Å². The van der Waals surface area contributed by atoms with Crippen molar-refractivity contribution in [1.82, 2.24) is 5.32 Å². The summed E-state index contributed by atoms with van der Waals surface area (Å²) in [5.41, 5.74) is 0. The van der Waals surface area contributed by atoms with Crippen LogP contribution in [0.3, 0.4) is 0 Å². The minimum absolute atomic E-state index is 0.00254. The van der Waals surface area contributed by atoms with Gasteiger partial charge in [0.15, 0.2) is 9.84 Å². The smallest absolute Gasteiger partial charge is 0.181 e. The number of nitrogens with one attached hydrogen (secondary N) is 1. The lowest BCUT2D eigenvalue weighted by atomic mass is 10.4. The molecule has 1 N–H and O–H groups in total. The van der Waals surface area contributed by atoms with Crippen LogP contribution in [0.1, 0.15) is 5.76 Å². The standard InChI is InChI=1S/C13H14ClNO3S/c14-12-5-1-2-6-13(12)19(16,17)9-7-15-10-11-4-3-8-18-11/h1-6,8,15H,7,9-10H2. The van der Waals surface area contributed by atoms with Crippen LogP contribution in [0.15, 0.2) is 52.0 Å². The molecule has 0 amide bonds. The summed E-state index contributed by atoms with van der Waals surface area (Å²) in [6.07, 6.45) is 1.58. The average Bonchev–Trinajstić information content (AvgIpc) is 2.88. The first-order valence-electron chi connectivity index (χ1n) is 5.80. The molecular weight excluding hydrogens is 286 g/mol. The zero-order valence-corrected chi connectivity index (χ0v) is 11.7. The highest BCUT2D eigenvalue weighted by atomic mass is 35.5. The third-order valence-electron chi connectivity index (χ3n) is 2.60. The summed E-state index contributed by atoms with van der Waals surface area (Å²) in [5.74, 6) is 0.771. The number of halogens is 1. The van der Waals surface area contributed by atoms with Gasteiger partial charge < -0.3 is 9.73 Å². The van der Waals surface area contributed by atoms with E-state index in [2.05, 4.69) is 5.32 Å². The average molecular weight is 300 g/mol. The molecule has 102 valence electrons. The molecule has 0 fully saturated rings. The predicted molar refractivity (Wildman–Crippen MR) is 73.9 cm³/mol. The van der Waals surface area contributed by atoms with Crippen LogP contribution in [-0.2, 0) is 16.4 Å². The van der Waals surface area contributed by atoms with E-state index in [0.29, 0.717) is 13.1 Å². The van der Waals surface area contributed by atoms with Crippen molar-refractivity contribution in [3.05, 3.63) is 53.4 Å². The normalized spacial score (nSPS) is 11.6. The maximum absolute atomic E-state index is 12.1. The van der Waals surface area contributed by atoms with Crippen molar-refractivity contribution in [2.24, 2.45) is 0 Å². The Hall–Kier alpha value is -1.30. The molecule has 0 unspecified atom stereocenters. The lowest BCUT2D eigenvalue weighted by molar-refractivity contribution is 0.487. The molecule has 1 aromatic carbocycles. The van der Waals surface area contributed by atoms with Crippen molar-refractivity contribution >= 4 is 21.4 Å². The van der Waals surface area contributed by atoms with Crippen molar-refractivity contribution in [3.63, 3.8) is 0 Å². The summed E-state index contributed by atoms with van der Waals surface area (Å²) in [6, 6.07) is 10.1. The highest BCUT2D eigenvalue weighted by molar-refractivity contribution is 7.91. The number of hydrogen-bond donors (Lipinski definition) is 1. The fourth-order valence-corrected chi connectivity index (χ4v) is 3.41. The summed E-state index contributed by atoms with van der Waals surface area (Å²) < 4.78 is 29.3. The van der Waals surface area contributed by atoms with Crippen LogP contribution in [-0.4, -0.2) is 20.7 Å². The maximum Gasteiger partial charge on any atom is 0.181 e. The molecule has 0 bridgehead atoms. The van der Waals surface area contributed by atoms with Gasteiger partial charge in [0.1, 0.15) is 5.76 Å². The van der Waals surface area contributed by atoms with Gasteiger partial charge in [-0.25, -0.2) is 8.42 Å². The Morgan fingerprint density at radius 3 is 2.63 bits per heavy atom. The van der Waals surface area contributed by atoms with E-state index >= 15 is 0 Å². The molecular formula is C13H14ClNO3S. The minimum Gasteiger partial charge on any atom is -0.468 e. The molecule has 0 aliphatic rings. The van der Waals surface area contributed by atoms with Gasteiger partial charge in [-0.1, -0.05) is 23.7 Å². The Kier molecular flexibility index (Phi) is 4.63. The van der Waals surface area contributed by atoms with Crippen molar-refractivity contribution in [2.75, 3.05) is 12.3 Å². The quantitative estimate of drug-likeness (QED) is 0.833. The third-order valence-corrected chi connectivity index (χ3v) is 4.81. The first-order valence-corrected chi connectivity index (χ1v) is 7.83. The second-order valence-electron chi connectivity index (χ2n) is 4.01. The number of furan rings is 1. The van der Waals surface area contributed by atoms with E-state index in [1.54, 1.807) is 30.5 Å². The third kappa shape index (κ3) is 3.83. The summed E-state index contributed by atoms with van der Waals surface area (Å²) >= 11 is 5.89. The second-order valence-corrected chi connectivity index (χ2v) is 6.49. The molecule has 0 aliphatic heterocycles. The van der Waals surface area contributed by atoms with Gasteiger partial charge in [-0.3, -0.25) is 0 Å². The van der Waals surface area contributed by atoms with Gasteiger partial charge in [-0.15, -0.1) is 0 Å². The molecule has 6 heteroatoms. The molecule has 2 rings (SSSR count). The van der Waals surface area contributed by atoms with Crippen LogP contribution < -0.4 is 5.32 Å². The molecule has 0 saturated carbocycles. The molecule has 2 aromatic rings. The van der Waals surface area contributed by atoms with E-state index < -0.39 is 9.84 Å². The topological polar surface area (TPSA) is 59.3 Å². The maximum atomic E-state index is 12.1. The monoisotopic (exact) mass is 299 g/mol. The van der Waals surface area contributed by atoms with Crippen LogP contribution in [0.4, 0.5) is 0 Å². The summed E-state index contributed by atoms with van der Waals surface area (Å²) in [7, 11) is -3.36. The van der Waals surface area contributed by atoms with Gasteiger partial charge in [0.25, 0.3) is 0 Å². The van der Waals surface area contributed by atoms with E-state index in [1.807, 2.05) is 6.07 Å². The Morgan fingerprint density at radius 1 is 1.16 bits per heavy atom. The number of sulfone groups is 1. The van der Waals surface area contributed by atoms with Gasteiger partial charge in [0, 0.05) is 6.54 Å². The first kappa shape index (κ1) is 14.1. The zero-order chi connectivity index (χ0) is 13.7. The summed E-state index contributed by atoms with van der Waals surface area (Å²) in [6.45, 7) is 0.847. The van der Waals surface area contributed by atoms with Crippen molar-refractivity contribution < 1.29 is 12.8 Å². The van der Waals surface area contributed by atoms with E-state index in [0.717, 1.165) is 5.76 Å². The van der Waals surface area contributed by atoms with E-state index in [1.165, 1.54) is 6.07 Å². The number of benzene rings is 1. The van der Waals surface area contributed by atoms with Crippen molar-refractivity contribution in [1.29, 1.82) is 0 Å². The van der Waals surface area contributed by atoms with E-state index in [4.69, 9.17) is 16.0 Å². The number of hydrogen-bond acceptors (Lipinski definition) is 4. The Labute approximate surface area is 117 Å². The van der Waals surface area contributed by atoms with Crippen LogP contribution in [0.25, 0.3) is 0 Å². The molecule has 0 radical (unpaired) electrons. The van der Waals surface area contributed by atoms with E-state index in [-0.39, 0.29) is 15.7 Å². The number of rotatable bonds is 6. The van der Waals surface area contributed by atoms with Gasteiger partial charge in [0.2, 0.25) is 0 Å². The zero-order valence-electron chi connectivity index (χ0n) is 10.2. The largest absolute Gasteiger partial charge is 0.468 e. The molecule has 0 atom stereocenters. The van der Waals surface area contributed by atoms with Crippen LogP contribution >= 0.6 is 11.6 Å².